The second-order valence-corrected chi connectivity index (χ2v) is 6.31. The first-order chi connectivity index (χ1) is 11.1. The Morgan fingerprint density at radius 2 is 2.04 bits per heavy atom. The van der Waals surface area contributed by atoms with Crippen molar-refractivity contribution in [3.63, 3.8) is 0 Å². The summed E-state index contributed by atoms with van der Waals surface area (Å²) >= 11 is 0. The minimum atomic E-state index is -0.269. The first-order valence-corrected chi connectivity index (χ1v) is 7.97. The number of piperidine rings is 1. The maximum absolute atomic E-state index is 13.4. The van der Waals surface area contributed by atoms with E-state index in [-0.39, 0.29) is 5.82 Å². The summed E-state index contributed by atoms with van der Waals surface area (Å²) in [6.45, 7) is 4.57. The summed E-state index contributed by atoms with van der Waals surface area (Å²) in [6, 6.07) is 10.4. The van der Waals surface area contributed by atoms with Gasteiger partial charge in [-0.1, -0.05) is 19.1 Å². The van der Waals surface area contributed by atoms with E-state index in [1.807, 2.05) is 10.6 Å². The average Bonchev–Trinajstić information content (AvgIpc) is 2.84. The number of anilines is 2. The van der Waals surface area contributed by atoms with Crippen molar-refractivity contribution in [2.45, 2.75) is 26.3 Å². The quantitative estimate of drug-likeness (QED) is 0.945. The Morgan fingerprint density at radius 1 is 1.30 bits per heavy atom. The van der Waals surface area contributed by atoms with Gasteiger partial charge in [0.1, 0.15) is 23.4 Å². The number of nitrogen functional groups attached to an aromatic ring is 1. The fraction of sp³-hybridized carbons (Fsp3) is 0.389. The van der Waals surface area contributed by atoms with Crippen LogP contribution in [0.25, 0.3) is 0 Å². The largest absolute Gasteiger partial charge is 0.396 e. The number of hydrogen-bond donors (Lipinski definition) is 1. The van der Waals surface area contributed by atoms with E-state index in [1.165, 1.54) is 12.1 Å². The summed E-state index contributed by atoms with van der Waals surface area (Å²) in [5.74, 6) is 1.33. The summed E-state index contributed by atoms with van der Waals surface area (Å²) < 4.78 is 15.3. The van der Waals surface area contributed by atoms with Crippen molar-refractivity contribution in [3.05, 3.63) is 47.4 Å². The van der Waals surface area contributed by atoms with Gasteiger partial charge >= 0.3 is 0 Å². The van der Waals surface area contributed by atoms with E-state index in [0.717, 1.165) is 43.2 Å². The van der Waals surface area contributed by atoms with Crippen LogP contribution >= 0.6 is 0 Å². The lowest BCUT2D eigenvalue weighted by Crippen LogP contribution is -2.35. The van der Waals surface area contributed by atoms with Crippen LogP contribution in [-0.4, -0.2) is 17.7 Å². The predicted molar refractivity (Wildman–Crippen MR) is 89.7 cm³/mol. The summed E-state index contributed by atoms with van der Waals surface area (Å²) in [6.07, 6.45) is 2.24. The fourth-order valence-corrected chi connectivity index (χ4v) is 3.20. The van der Waals surface area contributed by atoms with E-state index in [4.69, 9.17) is 5.73 Å². The Hall–Kier alpha value is -2.48. The van der Waals surface area contributed by atoms with Gasteiger partial charge in [0.05, 0.1) is 12.2 Å². The van der Waals surface area contributed by atoms with Gasteiger partial charge in [-0.25, -0.2) is 4.39 Å². The zero-order valence-corrected chi connectivity index (χ0v) is 13.3. The molecule has 5 heteroatoms. The maximum atomic E-state index is 13.4. The minimum absolute atomic E-state index is 0.269. The van der Waals surface area contributed by atoms with E-state index in [1.54, 1.807) is 12.1 Å². The van der Waals surface area contributed by atoms with Crippen molar-refractivity contribution in [1.82, 2.24) is 4.57 Å². The normalized spacial score (nSPS) is 15.6. The Balaban J connectivity index is 1.96. The van der Waals surface area contributed by atoms with Crippen LogP contribution in [0.2, 0.25) is 0 Å². The van der Waals surface area contributed by atoms with Crippen LogP contribution in [0.1, 0.15) is 31.0 Å². The Kier molecular flexibility index (Phi) is 4.24. The van der Waals surface area contributed by atoms with Crippen molar-refractivity contribution >= 4 is 11.5 Å². The topological polar surface area (TPSA) is 58.0 Å². The minimum Gasteiger partial charge on any atom is -0.396 e. The number of rotatable bonds is 3. The van der Waals surface area contributed by atoms with Crippen LogP contribution in [0, 0.1) is 23.1 Å². The summed E-state index contributed by atoms with van der Waals surface area (Å²) in [7, 11) is 0. The molecule has 0 unspecified atom stereocenters. The molecule has 23 heavy (non-hydrogen) atoms. The highest BCUT2D eigenvalue weighted by Gasteiger charge is 2.23. The lowest BCUT2D eigenvalue weighted by atomic mass is 9.99. The number of nitriles is 1. The third kappa shape index (κ3) is 3.16. The molecule has 2 heterocycles. The molecular formula is C18H21FN4. The van der Waals surface area contributed by atoms with Crippen molar-refractivity contribution < 1.29 is 4.39 Å². The molecule has 0 atom stereocenters. The molecule has 1 aromatic carbocycles. The second-order valence-electron chi connectivity index (χ2n) is 6.31. The van der Waals surface area contributed by atoms with Crippen LogP contribution in [-0.2, 0) is 6.54 Å². The van der Waals surface area contributed by atoms with E-state index >= 15 is 0 Å². The number of hydrogen-bond acceptors (Lipinski definition) is 3. The summed E-state index contributed by atoms with van der Waals surface area (Å²) in [5, 5.41) is 9.41. The molecule has 0 spiro atoms. The number of nitrogens with zero attached hydrogens (tertiary/aromatic N) is 3. The molecule has 0 amide bonds. The molecule has 1 fully saturated rings. The molecule has 1 aliphatic rings. The average molecular weight is 312 g/mol. The monoisotopic (exact) mass is 312 g/mol. The molecule has 0 bridgehead atoms. The van der Waals surface area contributed by atoms with Crippen LogP contribution in [0.4, 0.5) is 15.9 Å². The number of benzene rings is 1. The molecule has 4 nitrogen and oxygen atoms in total. The van der Waals surface area contributed by atoms with Gasteiger partial charge in [0.2, 0.25) is 0 Å². The Labute approximate surface area is 135 Å². The molecule has 1 aliphatic heterocycles. The Bertz CT molecular complexity index is 736. The molecule has 2 aromatic rings. The lowest BCUT2D eigenvalue weighted by molar-refractivity contribution is 0.434. The third-order valence-electron chi connectivity index (χ3n) is 4.52. The van der Waals surface area contributed by atoms with Crippen LogP contribution in [0.15, 0.2) is 30.3 Å². The van der Waals surface area contributed by atoms with Gasteiger partial charge in [-0.3, -0.25) is 0 Å². The zero-order valence-electron chi connectivity index (χ0n) is 13.3. The molecule has 0 radical (unpaired) electrons. The van der Waals surface area contributed by atoms with E-state index < -0.39 is 0 Å². The Morgan fingerprint density at radius 3 is 2.70 bits per heavy atom. The first kappa shape index (κ1) is 15.4. The van der Waals surface area contributed by atoms with Crippen LogP contribution in [0.3, 0.4) is 0 Å². The summed E-state index contributed by atoms with van der Waals surface area (Å²) in [5.41, 5.74) is 8.13. The lowest BCUT2D eigenvalue weighted by Gasteiger charge is -2.33. The molecular weight excluding hydrogens is 291 g/mol. The third-order valence-corrected chi connectivity index (χ3v) is 4.52. The van der Waals surface area contributed by atoms with Crippen molar-refractivity contribution in [2.24, 2.45) is 5.92 Å². The zero-order chi connectivity index (χ0) is 16.4. The van der Waals surface area contributed by atoms with E-state index in [0.29, 0.717) is 17.9 Å². The van der Waals surface area contributed by atoms with Crippen LogP contribution < -0.4 is 10.6 Å². The highest BCUT2D eigenvalue weighted by molar-refractivity contribution is 5.68. The second kappa shape index (κ2) is 6.33. The molecule has 3 rings (SSSR count). The van der Waals surface area contributed by atoms with Gasteiger partial charge in [0, 0.05) is 13.1 Å². The smallest absolute Gasteiger partial charge is 0.133 e. The van der Waals surface area contributed by atoms with Gasteiger partial charge in [0.15, 0.2) is 0 Å². The molecule has 1 saturated heterocycles. The van der Waals surface area contributed by atoms with Gasteiger partial charge in [0.25, 0.3) is 0 Å². The molecule has 120 valence electrons. The van der Waals surface area contributed by atoms with Crippen LogP contribution in [0.5, 0.6) is 0 Å². The first-order valence-electron chi connectivity index (χ1n) is 7.97. The summed E-state index contributed by atoms with van der Waals surface area (Å²) in [4.78, 5) is 2.25. The number of halogens is 1. The SMILES string of the molecule is CC1CCN(c2c(N)cc(C#N)n2Cc2cccc(F)c2)CC1. The number of nitrogens with two attached hydrogens (primary N) is 1. The van der Waals surface area contributed by atoms with E-state index in [9.17, 15) is 9.65 Å². The highest BCUT2D eigenvalue weighted by atomic mass is 19.1. The van der Waals surface area contributed by atoms with Crippen molar-refractivity contribution in [3.8, 4) is 6.07 Å². The maximum Gasteiger partial charge on any atom is 0.133 e. The van der Waals surface area contributed by atoms with Gasteiger partial charge in [-0.05, 0) is 42.5 Å². The van der Waals surface area contributed by atoms with Gasteiger partial charge in [-0.15, -0.1) is 0 Å². The molecule has 0 saturated carbocycles. The molecule has 1 aromatic heterocycles. The van der Waals surface area contributed by atoms with Gasteiger partial charge < -0.3 is 15.2 Å². The van der Waals surface area contributed by atoms with Crippen molar-refractivity contribution in [2.75, 3.05) is 23.7 Å². The fourth-order valence-electron chi connectivity index (χ4n) is 3.20. The molecule has 0 aliphatic carbocycles. The van der Waals surface area contributed by atoms with Crippen molar-refractivity contribution in [1.29, 1.82) is 5.26 Å². The standard InChI is InChI=1S/C18H21FN4/c1-13-5-7-22(8-6-13)18-17(21)10-16(11-20)23(18)12-14-3-2-4-15(19)9-14/h2-4,9-10,13H,5-8,12,21H2,1H3. The highest BCUT2D eigenvalue weighted by Crippen LogP contribution is 2.32. The number of aromatic nitrogens is 1. The predicted octanol–water partition coefficient (Wildman–Crippen LogP) is 3.37. The van der Waals surface area contributed by atoms with E-state index in [2.05, 4.69) is 17.9 Å². The van der Waals surface area contributed by atoms with Gasteiger partial charge in [-0.2, -0.15) is 5.26 Å². The molecule has 2 N–H and O–H groups in total.